The third-order valence-corrected chi connectivity index (χ3v) is 6.45. The average Bonchev–Trinajstić information content (AvgIpc) is 3.37. The zero-order valence-electron chi connectivity index (χ0n) is 16.3. The molecule has 2 aliphatic rings. The summed E-state index contributed by atoms with van der Waals surface area (Å²) in [7, 11) is 0. The molecule has 0 radical (unpaired) electrons. The quantitative estimate of drug-likeness (QED) is 0.425. The molecule has 4 atom stereocenters. The minimum absolute atomic E-state index is 0.0554. The molecule has 2 aromatic heterocycles. The van der Waals surface area contributed by atoms with Gasteiger partial charge in [-0.05, 0) is 24.7 Å². The number of aliphatic hydroxyl groups excluding tert-OH is 2. The van der Waals surface area contributed by atoms with Crippen LogP contribution >= 0.6 is 0 Å². The zero-order valence-corrected chi connectivity index (χ0v) is 16.3. The first kappa shape index (κ1) is 20.5. The molecule has 1 amide bonds. The molecule has 2 aliphatic carbocycles. The fourth-order valence-corrected chi connectivity index (χ4v) is 4.99. The predicted molar refractivity (Wildman–Crippen MR) is 104 cm³/mol. The van der Waals surface area contributed by atoms with Crippen LogP contribution in [-0.2, 0) is 9.59 Å². The summed E-state index contributed by atoms with van der Waals surface area (Å²) in [6, 6.07) is -1.33. The number of amides is 1. The van der Waals surface area contributed by atoms with Crippen molar-refractivity contribution < 1.29 is 24.9 Å². The van der Waals surface area contributed by atoms with E-state index in [0.29, 0.717) is 12.8 Å². The number of nitrogens with one attached hydrogen (secondary N) is 2. The molecule has 0 aromatic carbocycles. The van der Waals surface area contributed by atoms with Crippen molar-refractivity contribution in [2.75, 3.05) is 0 Å². The van der Waals surface area contributed by atoms with Crippen molar-refractivity contribution in [2.45, 2.75) is 69.2 Å². The van der Waals surface area contributed by atoms with Crippen molar-refractivity contribution in [1.82, 2.24) is 24.8 Å². The third-order valence-electron chi connectivity index (χ3n) is 6.45. The number of aromatic amines is 1. The Bertz CT molecular complexity index is 1010. The minimum Gasteiger partial charge on any atom is -0.481 e. The highest BCUT2D eigenvalue weighted by Gasteiger charge is 2.45. The molecule has 2 fully saturated rings. The Morgan fingerprint density at radius 1 is 1.20 bits per heavy atom. The fraction of sp³-hybridized carbons (Fsp3) is 0.632. The highest BCUT2D eigenvalue weighted by molar-refractivity contribution is 5.78. The van der Waals surface area contributed by atoms with Gasteiger partial charge in [0.15, 0.2) is 11.2 Å². The van der Waals surface area contributed by atoms with E-state index in [1.54, 1.807) is 0 Å². The van der Waals surface area contributed by atoms with E-state index in [-0.39, 0.29) is 36.3 Å². The van der Waals surface area contributed by atoms with Crippen LogP contribution in [0.25, 0.3) is 11.2 Å². The van der Waals surface area contributed by atoms with Crippen LogP contribution in [0.2, 0.25) is 0 Å². The van der Waals surface area contributed by atoms with Gasteiger partial charge in [0.2, 0.25) is 5.91 Å². The molecular weight excluding hydrogens is 394 g/mol. The Hall–Kier alpha value is -2.79. The standard InChI is InChI=1S/C19H25N5O6/c25-12(6-19(7-13(26)27)3-1-2-4-19)23-10-5-11(16(29)15(10)28)24-9-22-14-17(24)20-8-21-18(14)30/h8-11,15-16,28-29H,1-7H2,(H,23,25)(H,26,27)(H,20,21,30)/t10-,11+,15-,16+/m1/s1. The van der Waals surface area contributed by atoms with Crippen LogP contribution in [-0.4, -0.2) is 65.0 Å². The van der Waals surface area contributed by atoms with Gasteiger partial charge in [-0.25, -0.2) is 9.97 Å². The number of carbonyl (C=O) groups excluding carboxylic acids is 1. The number of hydrogen-bond donors (Lipinski definition) is 5. The Labute approximate surface area is 171 Å². The fourth-order valence-electron chi connectivity index (χ4n) is 4.99. The van der Waals surface area contributed by atoms with Crippen LogP contribution in [0.4, 0.5) is 0 Å². The number of H-pyrrole nitrogens is 1. The van der Waals surface area contributed by atoms with Gasteiger partial charge in [-0.15, -0.1) is 0 Å². The van der Waals surface area contributed by atoms with Gasteiger partial charge in [-0.2, -0.15) is 0 Å². The number of hydrogen-bond acceptors (Lipinski definition) is 7. The number of aliphatic hydroxyl groups is 2. The van der Waals surface area contributed by atoms with Gasteiger partial charge >= 0.3 is 5.97 Å². The number of carbonyl (C=O) groups is 2. The number of carboxylic acids is 1. The van der Waals surface area contributed by atoms with Crippen molar-refractivity contribution >= 4 is 23.0 Å². The summed E-state index contributed by atoms with van der Waals surface area (Å²) >= 11 is 0. The number of aromatic nitrogens is 4. The Morgan fingerprint density at radius 2 is 1.93 bits per heavy atom. The number of aliphatic carboxylic acids is 1. The molecule has 0 saturated heterocycles. The van der Waals surface area contributed by atoms with E-state index in [2.05, 4.69) is 20.3 Å². The first-order chi connectivity index (χ1) is 14.3. The summed E-state index contributed by atoms with van der Waals surface area (Å²) in [4.78, 5) is 46.3. The molecule has 2 heterocycles. The SMILES string of the molecule is O=C(O)CC1(CC(=O)N[C@@H]2C[C@H](n3cnc4c(=O)[nH]cnc43)[C@H](O)[C@@H]2O)CCCC1. The smallest absolute Gasteiger partial charge is 0.303 e. The van der Waals surface area contributed by atoms with E-state index in [9.17, 15) is 29.7 Å². The molecule has 0 spiro atoms. The second-order valence-electron chi connectivity index (χ2n) is 8.47. The van der Waals surface area contributed by atoms with Crippen LogP contribution < -0.4 is 10.9 Å². The van der Waals surface area contributed by atoms with Crippen LogP contribution in [0.15, 0.2) is 17.4 Å². The maximum atomic E-state index is 12.7. The summed E-state index contributed by atoms with van der Waals surface area (Å²) in [6.07, 6.45) is 3.64. The Balaban J connectivity index is 1.48. The minimum atomic E-state index is -1.21. The number of fused-ring (bicyclic) bond motifs is 1. The van der Waals surface area contributed by atoms with Gasteiger partial charge in [-0.1, -0.05) is 12.8 Å². The lowest BCUT2D eigenvalue weighted by Gasteiger charge is -2.27. The van der Waals surface area contributed by atoms with Crippen molar-refractivity contribution in [3.8, 4) is 0 Å². The second kappa shape index (κ2) is 7.80. The molecular formula is C19H25N5O6. The predicted octanol–water partition coefficient (Wildman–Crippen LogP) is -0.304. The topological polar surface area (TPSA) is 170 Å². The lowest BCUT2D eigenvalue weighted by atomic mass is 9.79. The highest BCUT2D eigenvalue weighted by Crippen LogP contribution is 2.44. The number of nitrogens with zero attached hydrogens (tertiary/aromatic N) is 3. The summed E-state index contributed by atoms with van der Waals surface area (Å²) < 4.78 is 1.54. The van der Waals surface area contributed by atoms with Crippen molar-refractivity contribution in [3.05, 3.63) is 23.0 Å². The largest absolute Gasteiger partial charge is 0.481 e. The number of imidazole rings is 1. The number of carboxylic acid groups (broad SMARTS) is 1. The van der Waals surface area contributed by atoms with Crippen LogP contribution in [0.3, 0.4) is 0 Å². The van der Waals surface area contributed by atoms with Crippen LogP contribution in [0.5, 0.6) is 0 Å². The molecule has 2 saturated carbocycles. The molecule has 0 bridgehead atoms. The Kier molecular flexibility index (Phi) is 5.33. The van der Waals surface area contributed by atoms with Gasteiger partial charge in [0, 0.05) is 6.42 Å². The first-order valence-electron chi connectivity index (χ1n) is 10.1. The molecule has 2 aromatic rings. The summed E-state index contributed by atoms with van der Waals surface area (Å²) in [5.74, 6) is -1.25. The molecule has 30 heavy (non-hydrogen) atoms. The van der Waals surface area contributed by atoms with E-state index in [4.69, 9.17) is 0 Å². The molecule has 5 N–H and O–H groups in total. The lowest BCUT2D eigenvalue weighted by molar-refractivity contribution is -0.140. The average molecular weight is 419 g/mol. The second-order valence-corrected chi connectivity index (χ2v) is 8.47. The van der Waals surface area contributed by atoms with Gasteiger partial charge < -0.3 is 30.2 Å². The van der Waals surface area contributed by atoms with E-state index >= 15 is 0 Å². The summed E-state index contributed by atoms with van der Waals surface area (Å²) in [6.45, 7) is 0. The van der Waals surface area contributed by atoms with Crippen molar-refractivity contribution in [1.29, 1.82) is 0 Å². The molecule has 0 unspecified atom stereocenters. The number of rotatable bonds is 6. The van der Waals surface area contributed by atoms with Gasteiger partial charge in [0.05, 0.1) is 31.2 Å². The third kappa shape index (κ3) is 3.70. The van der Waals surface area contributed by atoms with E-state index in [0.717, 1.165) is 12.8 Å². The summed E-state index contributed by atoms with van der Waals surface area (Å²) in [5.41, 5.74) is -0.544. The molecule has 162 valence electrons. The highest BCUT2D eigenvalue weighted by atomic mass is 16.4. The molecule has 11 heteroatoms. The van der Waals surface area contributed by atoms with Crippen LogP contribution in [0.1, 0.15) is 51.0 Å². The lowest BCUT2D eigenvalue weighted by Crippen LogP contribution is -2.44. The first-order valence-corrected chi connectivity index (χ1v) is 10.1. The zero-order chi connectivity index (χ0) is 21.5. The van der Waals surface area contributed by atoms with Gasteiger partial charge in [0.1, 0.15) is 12.2 Å². The molecule has 4 rings (SSSR count). The molecule has 0 aliphatic heterocycles. The summed E-state index contributed by atoms with van der Waals surface area (Å²) in [5, 5.41) is 33.0. The van der Waals surface area contributed by atoms with Crippen molar-refractivity contribution in [2.24, 2.45) is 5.41 Å². The maximum Gasteiger partial charge on any atom is 0.303 e. The van der Waals surface area contributed by atoms with Gasteiger partial charge in [-0.3, -0.25) is 14.4 Å². The Morgan fingerprint density at radius 3 is 2.63 bits per heavy atom. The van der Waals surface area contributed by atoms with Gasteiger partial charge in [0.25, 0.3) is 5.56 Å². The normalized spacial score (nSPS) is 28.1. The van der Waals surface area contributed by atoms with E-state index in [1.807, 2.05) is 0 Å². The van der Waals surface area contributed by atoms with Crippen LogP contribution in [0, 0.1) is 5.41 Å². The van der Waals surface area contributed by atoms with E-state index < -0.39 is 41.2 Å². The van der Waals surface area contributed by atoms with E-state index in [1.165, 1.54) is 17.2 Å². The van der Waals surface area contributed by atoms with Crippen molar-refractivity contribution in [3.63, 3.8) is 0 Å². The molecule has 11 nitrogen and oxygen atoms in total. The monoisotopic (exact) mass is 419 g/mol. The maximum absolute atomic E-state index is 12.7.